The number of carboxylic acid groups (broad SMARTS) is 1. The molecule has 1 aliphatic rings. The second-order valence-electron chi connectivity index (χ2n) is 6.16. The topological polar surface area (TPSA) is 90.9 Å². The number of benzene rings is 2. The smallest absolute Gasteiger partial charge is 0.257 e. The van der Waals surface area contributed by atoms with Gasteiger partial charge in [0.2, 0.25) is 0 Å². The summed E-state index contributed by atoms with van der Waals surface area (Å²) in [5.41, 5.74) is 2.23. The lowest BCUT2D eigenvalue weighted by molar-refractivity contribution is -0.307. The van der Waals surface area contributed by atoms with Crippen LogP contribution in [0.2, 0.25) is 0 Å². The van der Waals surface area contributed by atoms with E-state index in [9.17, 15) is 14.7 Å². The second-order valence-corrected chi connectivity index (χ2v) is 6.16. The third-order valence-electron chi connectivity index (χ3n) is 4.34. The van der Waals surface area contributed by atoms with Gasteiger partial charge in [0, 0.05) is 12.2 Å². The maximum Gasteiger partial charge on any atom is 0.257 e. The molecule has 1 aliphatic heterocycles. The molecule has 27 heavy (non-hydrogen) atoms. The Kier molecular flexibility index (Phi) is 5.49. The predicted octanol–water partition coefficient (Wildman–Crippen LogP) is 1.80. The maximum absolute atomic E-state index is 12.9. The van der Waals surface area contributed by atoms with E-state index in [-0.39, 0.29) is 12.1 Å². The molecule has 3 rings (SSSR count). The van der Waals surface area contributed by atoms with Crippen LogP contribution in [0.25, 0.3) is 0 Å². The zero-order chi connectivity index (χ0) is 19.4. The van der Waals surface area contributed by atoms with Crippen molar-refractivity contribution in [2.24, 2.45) is 0 Å². The molecule has 1 amide bonds. The number of hydrogen-bond donors (Lipinski definition) is 1. The lowest BCUT2D eigenvalue weighted by Gasteiger charge is -2.38. The highest BCUT2D eigenvalue weighted by atomic mass is 16.5. The van der Waals surface area contributed by atoms with Crippen molar-refractivity contribution in [1.29, 1.82) is 0 Å². The Hall–Kier alpha value is -3.22. The summed E-state index contributed by atoms with van der Waals surface area (Å²) in [7, 11) is 1.48. The van der Waals surface area contributed by atoms with Crippen LogP contribution < -0.4 is 19.9 Å². The molecule has 142 valence electrons. The first kappa shape index (κ1) is 18.6. The fraction of sp³-hybridized carbons (Fsp3) is 0.300. The number of amides is 1. The Morgan fingerprint density at radius 1 is 1.22 bits per heavy atom. The standard InChI is InChI=1S/C20H22N2O5/c1-3-10-22-19(21-15-7-5-4-6-14(15)20(22)25)13-8-9-16(17(11-13)26-2)27-12-18(23)24/h4-9,11,19,21H,3,10,12H2,1-2H3,(H,23,24)/p-1/t19-/m0/s1. The van der Waals surface area contributed by atoms with Crippen molar-refractivity contribution >= 4 is 17.6 Å². The highest BCUT2D eigenvalue weighted by Crippen LogP contribution is 2.36. The first-order chi connectivity index (χ1) is 13.0. The molecule has 1 N–H and O–H groups in total. The normalized spacial score (nSPS) is 15.7. The van der Waals surface area contributed by atoms with Gasteiger partial charge in [0.15, 0.2) is 11.5 Å². The molecule has 0 aromatic heterocycles. The third-order valence-corrected chi connectivity index (χ3v) is 4.34. The Labute approximate surface area is 157 Å². The first-order valence-corrected chi connectivity index (χ1v) is 8.72. The van der Waals surface area contributed by atoms with Gasteiger partial charge < -0.3 is 29.6 Å². The molecule has 0 unspecified atom stereocenters. The number of nitrogens with one attached hydrogen (secondary N) is 1. The van der Waals surface area contributed by atoms with E-state index in [4.69, 9.17) is 9.47 Å². The van der Waals surface area contributed by atoms with Crippen LogP contribution in [0.5, 0.6) is 11.5 Å². The van der Waals surface area contributed by atoms with E-state index in [1.54, 1.807) is 29.2 Å². The molecule has 7 nitrogen and oxygen atoms in total. The molecular weight excluding hydrogens is 348 g/mol. The number of methoxy groups -OCH3 is 1. The number of carboxylic acids is 1. The molecule has 2 aromatic carbocycles. The Balaban J connectivity index is 1.95. The van der Waals surface area contributed by atoms with Gasteiger partial charge in [-0.25, -0.2) is 0 Å². The average molecular weight is 369 g/mol. The van der Waals surface area contributed by atoms with Gasteiger partial charge in [-0.05, 0) is 36.2 Å². The molecule has 2 aromatic rings. The molecule has 0 radical (unpaired) electrons. The van der Waals surface area contributed by atoms with Crippen molar-refractivity contribution in [2.75, 3.05) is 25.6 Å². The summed E-state index contributed by atoms with van der Waals surface area (Å²) in [5, 5.41) is 14.0. The Morgan fingerprint density at radius 2 is 2.00 bits per heavy atom. The molecule has 0 saturated carbocycles. The zero-order valence-corrected chi connectivity index (χ0v) is 15.2. The summed E-state index contributed by atoms with van der Waals surface area (Å²) in [6, 6.07) is 12.6. The minimum Gasteiger partial charge on any atom is -0.546 e. The van der Waals surface area contributed by atoms with Crippen molar-refractivity contribution in [1.82, 2.24) is 4.90 Å². The Morgan fingerprint density at radius 3 is 2.70 bits per heavy atom. The molecule has 7 heteroatoms. The molecule has 1 atom stereocenters. The number of ether oxygens (including phenoxy) is 2. The lowest BCUT2D eigenvalue weighted by atomic mass is 10.0. The van der Waals surface area contributed by atoms with Crippen LogP contribution in [0, 0.1) is 0 Å². The van der Waals surface area contributed by atoms with Crippen LogP contribution in [-0.4, -0.2) is 37.0 Å². The number of nitrogens with zero attached hydrogens (tertiary/aromatic N) is 1. The van der Waals surface area contributed by atoms with E-state index in [1.807, 2.05) is 25.1 Å². The molecule has 0 bridgehead atoms. The van der Waals surface area contributed by atoms with E-state index < -0.39 is 12.6 Å². The number of anilines is 1. The Bertz CT molecular complexity index is 852. The van der Waals surface area contributed by atoms with Crippen molar-refractivity contribution in [3.8, 4) is 11.5 Å². The predicted molar refractivity (Wildman–Crippen MR) is 97.6 cm³/mol. The highest BCUT2D eigenvalue weighted by molar-refractivity contribution is 6.01. The van der Waals surface area contributed by atoms with E-state index in [0.29, 0.717) is 23.6 Å². The number of aliphatic carboxylic acids is 1. The summed E-state index contributed by atoms with van der Waals surface area (Å²) < 4.78 is 10.5. The first-order valence-electron chi connectivity index (χ1n) is 8.72. The van der Waals surface area contributed by atoms with Crippen molar-refractivity contribution in [3.63, 3.8) is 0 Å². The number of fused-ring (bicyclic) bond motifs is 1. The quantitative estimate of drug-likeness (QED) is 0.800. The fourth-order valence-electron chi connectivity index (χ4n) is 3.14. The van der Waals surface area contributed by atoms with Crippen LogP contribution in [0.3, 0.4) is 0 Å². The molecule has 0 saturated heterocycles. The summed E-state index contributed by atoms with van der Waals surface area (Å²) >= 11 is 0. The van der Waals surface area contributed by atoms with Gasteiger partial charge >= 0.3 is 0 Å². The van der Waals surface area contributed by atoms with E-state index in [0.717, 1.165) is 17.7 Å². The van der Waals surface area contributed by atoms with Crippen molar-refractivity contribution < 1.29 is 24.2 Å². The van der Waals surface area contributed by atoms with Gasteiger partial charge in [-0.1, -0.05) is 25.1 Å². The minimum absolute atomic E-state index is 0.0348. The van der Waals surface area contributed by atoms with Crippen LogP contribution in [0.15, 0.2) is 42.5 Å². The van der Waals surface area contributed by atoms with Crippen molar-refractivity contribution in [2.45, 2.75) is 19.5 Å². The number of carbonyl (C=O) groups excluding carboxylic acids is 2. The van der Waals surface area contributed by atoms with Gasteiger partial charge in [0.1, 0.15) is 12.8 Å². The maximum atomic E-state index is 12.9. The fourth-order valence-corrected chi connectivity index (χ4v) is 3.14. The second kappa shape index (κ2) is 7.99. The lowest BCUT2D eigenvalue weighted by Crippen LogP contribution is -2.43. The summed E-state index contributed by atoms with van der Waals surface area (Å²) in [5.74, 6) is -0.660. The number of para-hydroxylation sites is 1. The summed E-state index contributed by atoms with van der Waals surface area (Å²) in [6.07, 6.45) is 0.451. The van der Waals surface area contributed by atoms with Crippen LogP contribution in [0.4, 0.5) is 5.69 Å². The van der Waals surface area contributed by atoms with Crippen LogP contribution >= 0.6 is 0 Å². The largest absolute Gasteiger partial charge is 0.546 e. The monoisotopic (exact) mass is 369 g/mol. The van der Waals surface area contributed by atoms with Crippen molar-refractivity contribution in [3.05, 3.63) is 53.6 Å². The van der Waals surface area contributed by atoms with E-state index in [2.05, 4.69) is 5.32 Å². The average Bonchev–Trinajstić information content (AvgIpc) is 2.68. The summed E-state index contributed by atoms with van der Waals surface area (Å²) in [6.45, 7) is 2.05. The van der Waals surface area contributed by atoms with E-state index in [1.165, 1.54) is 7.11 Å². The molecular formula is C20H21N2O5-. The number of carbonyl (C=O) groups is 2. The molecule has 0 aliphatic carbocycles. The van der Waals surface area contributed by atoms with E-state index >= 15 is 0 Å². The van der Waals surface area contributed by atoms with Gasteiger partial charge in [-0.15, -0.1) is 0 Å². The number of hydrogen-bond acceptors (Lipinski definition) is 6. The molecule has 0 fully saturated rings. The number of rotatable bonds is 7. The SMILES string of the molecule is CCCN1C(=O)c2ccccc2N[C@@H]1c1ccc(OCC(=O)[O-])c(OC)c1. The summed E-state index contributed by atoms with van der Waals surface area (Å²) in [4.78, 5) is 25.3. The van der Waals surface area contributed by atoms with Gasteiger partial charge in [-0.3, -0.25) is 4.79 Å². The highest BCUT2D eigenvalue weighted by Gasteiger charge is 2.32. The van der Waals surface area contributed by atoms with Gasteiger partial charge in [0.25, 0.3) is 5.91 Å². The van der Waals surface area contributed by atoms with Gasteiger partial charge in [0.05, 0.1) is 18.6 Å². The van der Waals surface area contributed by atoms with Crippen LogP contribution in [-0.2, 0) is 4.79 Å². The minimum atomic E-state index is -1.31. The molecule has 1 heterocycles. The zero-order valence-electron chi connectivity index (χ0n) is 15.2. The van der Waals surface area contributed by atoms with Gasteiger partial charge in [-0.2, -0.15) is 0 Å². The molecule has 0 spiro atoms. The third kappa shape index (κ3) is 3.81. The van der Waals surface area contributed by atoms with Crippen LogP contribution in [0.1, 0.15) is 35.4 Å².